The molecule has 0 fully saturated rings. The molecule has 0 radical (unpaired) electrons. The standard InChI is InChI=1S/C10H11F3.CH5N/c1-2-4-8-5-3-6-9(7-8)10(11,12)13;1-2/h3,5-7H,2,4H2,1H3;2H2,1H3. The minimum Gasteiger partial charge on any atom is -0.333 e. The molecule has 2 N–H and O–H groups in total. The topological polar surface area (TPSA) is 26.0 Å². The van der Waals surface area contributed by atoms with Gasteiger partial charge in [0, 0.05) is 0 Å². The number of nitrogens with two attached hydrogens (primary N) is 1. The molecule has 1 nitrogen and oxygen atoms in total. The lowest BCUT2D eigenvalue weighted by molar-refractivity contribution is -0.137. The highest BCUT2D eigenvalue weighted by Gasteiger charge is 2.30. The third kappa shape index (κ3) is 4.83. The Bertz CT molecular complexity index is 281. The lowest BCUT2D eigenvalue weighted by atomic mass is 10.1. The van der Waals surface area contributed by atoms with Crippen LogP contribution in [0.1, 0.15) is 24.5 Å². The van der Waals surface area contributed by atoms with Crippen LogP contribution in [0.15, 0.2) is 24.3 Å². The molecule has 0 aliphatic heterocycles. The van der Waals surface area contributed by atoms with Crippen molar-refractivity contribution >= 4 is 0 Å². The van der Waals surface area contributed by atoms with Gasteiger partial charge in [0.05, 0.1) is 5.56 Å². The summed E-state index contributed by atoms with van der Waals surface area (Å²) in [5.74, 6) is 0. The third-order valence-electron chi connectivity index (χ3n) is 1.79. The summed E-state index contributed by atoms with van der Waals surface area (Å²) >= 11 is 0. The third-order valence-corrected chi connectivity index (χ3v) is 1.79. The second-order valence-corrected chi connectivity index (χ2v) is 2.95. The SMILES string of the molecule is CCCc1cccc(C(F)(F)F)c1.CN. The fraction of sp³-hybridized carbons (Fsp3) is 0.455. The summed E-state index contributed by atoms with van der Waals surface area (Å²) in [6.07, 6.45) is -2.66. The normalized spacial score (nSPS) is 10.5. The zero-order valence-corrected chi connectivity index (χ0v) is 8.93. The summed E-state index contributed by atoms with van der Waals surface area (Å²) in [5, 5.41) is 0. The van der Waals surface area contributed by atoms with E-state index >= 15 is 0 Å². The predicted octanol–water partition coefficient (Wildman–Crippen LogP) is 3.23. The van der Waals surface area contributed by atoms with Crippen LogP contribution in [-0.2, 0) is 12.6 Å². The van der Waals surface area contributed by atoms with Crippen molar-refractivity contribution < 1.29 is 13.2 Å². The van der Waals surface area contributed by atoms with Crippen molar-refractivity contribution in [3.63, 3.8) is 0 Å². The maximum atomic E-state index is 12.2. The molecule has 86 valence electrons. The van der Waals surface area contributed by atoms with Crippen LogP contribution >= 0.6 is 0 Å². The predicted molar refractivity (Wildman–Crippen MR) is 55.6 cm³/mol. The monoisotopic (exact) mass is 219 g/mol. The molecule has 0 saturated carbocycles. The first-order chi connectivity index (χ1) is 7.04. The van der Waals surface area contributed by atoms with Gasteiger partial charge in [-0.15, -0.1) is 0 Å². The fourth-order valence-corrected chi connectivity index (χ4v) is 1.19. The van der Waals surface area contributed by atoms with Gasteiger partial charge in [0.25, 0.3) is 0 Å². The highest BCUT2D eigenvalue weighted by Crippen LogP contribution is 2.29. The second-order valence-electron chi connectivity index (χ2n) is 2.95. The summed E-state index contributed by atoms with van der Waals surface area (Å²) < 4.78 is 36.6. The van der Waals surface area contributed by atoms with Gasteiger partial charge in [0.1, 0.15) is 0 Å². The van der Waals surface area contributed by atoms with Gasteiger partial charge in [0.2, 0.25) is 0 Å². The Kier molecular flexibility index (Phi) is 6.01. The van der Waals surface area contributed by atoms with Gasteiger partial charge >= 0.3 is 6.18 Å². The molecule has 0 saturated heterocycles. The van der Waals surface area contributed by atoms with Gasteiger partial charge < -0.3 is 5.73 Å². The van der Waals surface area contributed by atoms with Crippen LogP contribution < -0.4 is 5.73 Å². The van der Waals surface area contributed by atoms with Crippen molar-refractivity contribution in [2.75, 3.05) is 7.05 Å². The number of benzene rings is 1. The lowest BCUT2D eigenvalue weighted by Crippen LogP contribution is -2.05. The van der Waals surface area contributed by atoms with Crippen molar-refractivity contribution in [2.24, 2.45) is 5.73 Å². The van der Waals surface area contributed by atoms with E-state index in [1.165, 1.54) is 19.2 Å². The Labute approximate surface area is 88.1 Å². The Morgan fingerprint density at radius 2 is 1.80 bits per heavy atom. The molecule has 15 heavy (non-hydrogen) atoms. The maximum absolute atomic E-state index is 12.2. The van der Waals surface area contributed by atoms with Crippen molar-refractivity contribution in [2.45, 2.75) is 25.9 Å². The highest BCUT2D eigenvalue weighted by atomic mass is 19.4. The molecule has 0 aliphatic rings. The Morgan fingerprint density at radius 3 is 2.27 bits per heavy atom. The van der Waals surface area contributed by atoms with E-state index in [4.69, 9.17) is 0 Å². The average molecular weight is 219 g/mol. The fourth-order valence-electron chi connectivity index (χ4n) is 1.19. The number of rotatable bonds is 2. The number of aryl methyl sites for hydroxylation is 1. The molecule has 0 aromatic heterocycles. The molecule has 0 spiro atoms. The number of hydrogen-bond donors (Lipinski definition) is 1. The van der Waals surface area contributed by atoms with E-state index in [1.807, 2.05) is 6.92 Å². The Morgan fingerprint density at radius 1 is 1.20 bits per heavy atom. The quantitative estimate of drug-likeness (QED) is 0.811. The van der Waals surface area contributed by atoms with Crippen molar-refractivity contribution in [1.82, 2.24) is 0 Å². The average Bonchev–Trinajstić information content (AvgIpc) is 2.21. The van der Waals surface area contributed by atoms with Crippen LogP contribution in [0.5, 0.6) is 0 Å². The van der Waals surface area contributed by atoms with E-state index in [0.29, 0.717) is 6.42 Å². The summed E-state index contributed by atoms with van der Waals surface area (Å²) in [6, 6.07) is 5.48. The maximum Gasteiger partial charge on any atom is 0.416 e. The van der Waals surface area contributed by atoms with Crippen LogP contribution in [-0.4, -0.2) is 7.05 Å². The molecule has 0 aliphatic carbocycles. The molecule has 0 bridgehead atoms. The molecular weight excluding hydrogens is 203 g/mol. The molecule has 0 unspecified atom stereocenters. The van der Waals surface area contributed by atoms with Crippen LogP contribution in [0.4, 0.5) is 13.2 Å². The van der Waals surface area contributed by atoms with E-state index < -0.39 is 11.7 Å². The van der Waals surface area contributed by atoms with Gasteiger partial charge in [-0.1, -0.05) is 31.5 Å². The molecule has 4 heteroatoms. The first-order valence-electron chi connectivity index (χ1n) is 4.78. The number of alkyl halides is 3. The molecule has 1 aromatic carbocycles. The molecular formula is C11H16F3N. The summed E-state index contributed by atoms with van der Waals surface area (Å²) in [6.45, 7) is 1.94. The smallest absolute Gasteiger partial charge is 0.333 e. The van der Waals surface area contributed by atoms with Crippen LogP contribution in [0, 0.1) is 0 Å². The number of halogens is 3. The minimum atomic E-state index is -4.22. The second kappa shape index (κ2) is 6.45. The highest BCUT2D eigenvalue weighted by molar-refractivity contribution is 5.25. The van der Waals surface area contributed by atoms with Crippen LogP contribution in [0.3, 0.4) is 0 Å². The van der Waals surface area contributed by atoms with E-state index in [0.717, 1.165) is 18.1 Å². The van der Waals surface area contributed by atoms with E-state index in [1.54, 1.807) is 6.07 Å². The Balaban J connectivity index is 0.000000921. The summed E-state index contributed by atoms with van der Waals surface area (Å²) in [5.41, 5.74) is 4.69. The van der Waals surface area contributed by atoms with E-state index in [-0.39, 0.29) is 0 Å². The Hall–Kier alpha value is -1.03. The molecule has 0 heterocycles. The van der Waals surface area contributed by atoms with E-state index in [2.05, 4.69) is 5.73 Å². The first kappa shape index (κ1) is 14.0. The van der Waals surface area contributed by atoms with Gasteiger partial charge in [-0.3, -0.25) is 0 Å². The number of hydrogen-bond acceptors (Lipinski definition) is 1. The van der Waals surface area contributed by atoms with E-state index in [9.17, 15) is 13.2 Å². The molecule has 0 atom stereocenters. The first-order valence-corrected chi connectivity index (χ1v) is 4.78. The zero-order chi connectivity index (χ0) is 11.9. The van der Waals surface area contributed by atoms with Gasteiger partial charge in [-0.25, -0.2) is 0 Å². The van der Waals surface area contributed by atoms with Gasteiger partial charge in [-0.05, 0) is 25.1 Å². The molecule has 1 aromatic rings. The zero-order valence-electron chi connectivity index (χ0n) is 8.93. The van der Waals surface area contributed by atoms with Gasteiger partial charge in [0.15, 0.2) is 0 Å². The van der Waals surface area contributed by atoms with Crippen molar-refractivity contribution in [1.29, 1.82) is 0 Å². The van der Waals surface area contributed by atoms with Crippen molar-refractivity contribution in [3.8, 4) is 0 Å². The summed E-state index contributed by atoms with van der Waals surface area (Å²) in [7, 11) is 1.50. The minimum absolute atomic E-state index is 0.557. The largest absolute Gasteiger partial charge is 0.416 e. The van der Waals surface area contributed by atoms with Gasteiger partial charge in [-0.2, -0.15) is 13.2 Å². The lowest BCUT2D eigenvalue weighted by Gasteiger charge is -2.07. The summed E-state index contributed by atoms with van der Waals surface area (Å²) in [4.78, 5) is 0. The molecule has 1 rings (SSSR count). The van der Waals surface area contributed by atoms with Crippen LogP contribution in [0.2, 0.25) is 0 Å². The van der Waals surface area contributed by atoms with Crippen molar-refractivity contribution in [3.05, 3.63) is 35.4 Å². The van der Waals surface area contributed by atoms with Crippen LogP contribution in [0.25, 0.3) is 0 Å². The molecule has 0 amide bonds.